The van der Waals surface area contributed by atoms with E-state index in [0.29, 0.717) is 18.5 Å². The number of carboxylic acid groups (broad SMARTS) is 1. The summed E-state index contributed by atoms with van der Waals surface area (Å²) in [5.41, 5.74) is -1.08. The first-order chi connectivity index (χ1) is 12.0. The second-order valence-corrected chi connectivity index (χ2v) is 6.21. The predicted molar refractivity (Wildman–Crippen MR) is 90.8 cm³/mol. The van der Waals surface area contributed by atoms with Gasteiger partial charge in [0.1, 0.15) is 11.2 Å². The van der Waals surface area contributed by atoms with Gasteiger partial charge in [-0.2, -0.15) is 9.78 Å². The predicted octanol–water partition coefficient (Wildman–Crippen LogP) is 1.75. The standard InChI is InChI=1S/C18H19N3O4/c22-15-10-9-14(20-21(15)13-7-3-1-4-8-13)16(23)19-18(17(24)25)11-5-2-6-12-18/h1,3-4,7-10H,2,5-6,11-12H2,(H,19,23)(H,24,25). The fourth-order valence-corrected chi connectivity index (χ4v) is 3.12. The topological polar surface area (TPSA) is 101 Å². The van der Waals surface area contributed by atoms with Crippen LogP contribution in [0.25, 0.3) is 5.69 Å². The lowest BCUT2D eigenvalue weighted by Crippen LogP contribution is -2.55. The van der Waals surface area contributed by atoms with Crippen molar-refractivity contribution in [3.63, 3.8) is 0 Å². The molecule has 0 unspecified atom stereocenters. The molecule has 3 rings (SSSR count). The molecular weight excluding hydrogens is 322 g/mol. The largest absolute Gasteiger partial charge is 0.480 e. The first-order valence-electron chi connectivity index (χ1n) is 8.24. The lowest BCUT2D eigenvalue weighted by atomic mass is 9.81. The van der Waals surface area contributed by atoms with Crippen LogP contribution >= 0.6 is 0 Å². The number of benzene rings is 1. The van der Waals surface area contributed by atoms with Crippen LogP contribution in [0, 0.1) is 0 Å². The number of hydrogen-bond acceptors (Lipinski definition) is 4. The monoisotopic (exact) mass is 341 g/mol. The zero-order valence-corrected chi connectivity index (χ0v) is 13.6. The van der Waals surface area contributed by atoms with Crippen molar-refractivity contribution in [3.8, 4) is 5.69 Å². The van der Waals surface area contributed by atoms with Crippen LogP contribution in [0.5, 0.6) is 0 Å². The minimum Gasteiger partial charge on any atom is -0.480 e. The molecule has 1 fully saturated rings. The summed E-state index contributed by atoms with van der Waals surface area (Å²) in [5, 5.41) is 16.3. The lowest BCUT2D eigenvalue weighted by Gasteiger charge is -2.33. The summed E-state index contributed by atoms with van der Waals surface area (Å²) in [4.78, 5) is 36.3. The van der Waals surface area contributed by atoms with Gasteiger partial charge in [-0.05, 0) is 31.0 Å². The van der Waals surface area contributed by atoms with Crippen molar-refractivity contribution in [1.29, 1.82) is 0 Å². The molecule has 7 nitrogen and oxygen atoms in total. The molecule has 25 heavy (non-hydrogen) atoms. The van der Waals surface area contributed by atoms with Gasteiger partial charge in [-0.1, -0.05) is 37.5 Å². The number of nitrogens with one attached hydrogen (secondary N) is 1. The lowest BCUT2D eigenvalue weighted by molar-refractivity contribution is -0.145. The van der Waals surface area contributed by atoms with Crippen LogP contribution in [-0.2, 0) is 4.79 Å². The molecule has 1 amide bonds. The third kappa shape index (κ3) is 3.45. The van der Waals surface area contributed by atoms with Crippen LogP contribution in [0.4, 0.5) is 0 Å². The molecule has 0 bridgehead atoms. The quantitative estimate of drug-likeness (QED) is 0.882. The minimum atomic E-state index is -1.26. The van der Waals surface area contributed by atoms with Gasteiger partial charge in [0.25, 0.3) is 11.5 Å². The number of rotatable bonds is 4. The molecule has 130 valence electrons. The summed E-state index contributed by atoms with van der Waals surface area (Å²) >= 11 is 0. The average Bonchev–Trinajstić information content (AvgIpc) is 2.63. The zero-order valence-electron chi connectivity index (χ0n) is 13.6. The van der Waals surface area contributed by atoms with Gasteiger partial charge in [0.15, 0.2) is 0 Å². The van der Waals surface area contributed by atoms with Gasteiger partial charge in [0, 0.05) is 6.07 Å². The number of para-hydroxylation sites is 1. The molecule has 0 radical (unpaired) electrons. The molecule has 1 aliphatic carbocycles. The molecule has 0 atom stereocenters. The first kappa shape index (κ1) is 16.9. The Hall–Kier alpha value is -2.96. The highest BCUT2D eigenvalue weighted by Gasteiger charge is 2.41. The van der Waals surface area contributed by atoms with Crippen molar-refractivity contribution in [3.05, 3.63) is 58.5 Å². The number of carboxylic acids is 1. The van der Waals surface area contributed by atoms with Crippen LogP contribution in [0.3, 0.4) is 0 Å². The summed E-state index contributed by atoms with van der Waals surface area (Å²) in [6, 6.07) is 11.3. The minimum absolute atomic E-state index is 0.00894. The van der Waals surface area contributed by atoms with Gasteiger partial charge < -0.3 is 10.4 Å². The number of carbonyl (C=O) groups excluding carboxylic acids is 1. The Balaban J connectivity index is 1.90. The van der Waals surface area contributed by atoms with E-state index in [1.54, 1.807) is 24.3 Å². The Morgan fingerprint density at radius 2 is 1.72 bits per heavy atom. The van der Waals surface area contributed by atoms with E-state index in [-0.39, 0.29) is 11.3 Å². The Bertz CT molecular complexity index is 839. The summed E-state index contributed by atoms with van der Waals surface area (Å²) < 4.78 is 1.13. The molecule has 7 heteroatoms. The third-order valence-electron chi connectivity index (χ3n) is 4.50. The van der Waals surface area contributed by atoms with Crippen LogP contribution in [0.2, 0.25) is 0 Å². The van der Waals surface area contributed by atoms with E-state index < -0.39 is 17.4 Å². The van der Waals surface area contributed by atoms with Gasteiger partial charge in [-0.3, -0.25) is 9.59 Å². The summed E-state index contributed by atoms with van der Waals surface area (Å²) in [6.07, 6.45) is 3.26. The maximum atomic E-state index is 12.6. The number of amides is 1. The van der Waals surface area contributed by atoms with Crippen molar-refractivity contribution < 1.29 is 14.7 Å². The van der Waals surface area contributed by atoms with Gasteiger partial charge in [-0.15, -0.1) is 0 Å². The molecule has 2 N–H and O–H groups in total. The van der Waals surface area contributed by atoms with Crippen molar-refractivity contribution in [2.24, 2.45) is 0 Å². The van der Waals surface area contributed by atoms with E-state index in [1.807, 2.05) is 6.07 Å². The maximum absolute atomic E-state index is 12.6. The highest BCUT2D eigenvalue weighted by molar-refractivity contribution is 5.96. The van der Waals surface area contributed by atoms with Crippen LogP contribution < -0.4 is 10.9 Å². The Morgan fingerprint density at radius 3 is 2.36 bits per heavy atom. The van der Waals surface area contributed by atoms with Crippen LogP contribution in [0.15, 0.2) is 47.3 Å². The van der Waals surface area contributed by atoms with E-state index in [9.17, 15) is 19.5 Å². The van der Waals surface area contributed by atoms with E-state index in [4.69, 9.17) is 0 Å². The van der Waals surface area contributed by atoms with E-state index in [1.165, 1.54) is 12.1 Å². The Labute approximate surface area is 144 Å². The van der Waals surface area contributed by atoms with Gasteiger partial charge in [-0.25, -0.2) is 4.79 Å². The maximum Gasteiger partial charge on any atom is 0.329 e. The second-order valence-electron chi connectivity index (χ2n) is 6.21. The summed E-state index contributed by atoms with van der Waals surface area (Å²) in [7, 11) is 0. The number of aliphatic carboxylic acids is 1. The molecule has 1 aliphatic rings. The molecule has 1 saturated carbocycles. The van der Waals surface area contributed by atoms with Gasteiger partial charge in [0.2, 0.25) is 0 Å². The number of nitrogens with zero attached hydrogens (tertiary/aromatic N) is 2. The third-order valence-corrected chi connectivity index (χ3v) is 4.50. The smallest absolute Gasteiger partial charge is 0.329 e. The van der Waals surface area contributed by atoms with Crippen molar-refractivity contribution in [2.75, 3.05) is 0 Å². The number of carbonyl (C=O) groups is 2. The average molecular weight is 341 g/mol. The number of aromatic nitrogens is 2. The van der Waals surface area contributed by atoms with Crippen molar-refractivity contribution in [1.82, 2.24) is 15.1 Å². The molecular formula is C18H19N3O4. The van der Waals surface area contributed by atoms with E-state index in [2.05, 4.69) is 10.4 Å². The van der Waals surface area contributed by atoms with Gasteiger partial charge >= 0.3 is 5.97 Å². The number of hydrogen-bond donors (Lipinski definition) is 2. The normalized spacial score (nSPS) is 16.2. The Morgan fingerprint density at radius 1 is 1.04 bits per heavy atom. The van der Waals surface area contributed by atoms with E-state index >= 15 is 0 Å². The zero-order chi connectivity index (χ0) is 17.9. The van der Waals surface area contributed by atoms with Crippen LogP contribution in [0.1, 0.15) is 42.6 Å². The SMILES string of the molecule is O=C(NC1(C(=O)O)CCCCC1)c1ccc(=O)n(-c2ccccc2)n1. The highest BCUT2D eigenvalue weighted by atomic mass is 16.4. The van der Waals surface area contributed by atoms with Gasteiger partial charge in [0.05, 0.1) is 5.69 Å². The van der Waals surface area contributed by atoms with E-state index in [0.717, 1.165) is 23.9 Å². The Kier molecular flexibility index (Phi) is 4.65. The molecule has 1 aromatic carbocycles. The van der Waals surface area contributed by atoms with Crippen LogP contribution in [-0.4, -0.2) is 32.3 Å². The molecule has 0 saturated heterocycles. The molecule has 0 aliphatic heterocycles. The molecule has 1 heterocycles. The molecule has 0 spiro atoms. The molecule has 2 aromatic rings. The fourth-order valence-electron chi connectivity index (χ4n) is 3.12. The van der Waals surface area contributed by atoms with Crippen molar-refractivity contribution in [2.45, 2.75) is 37.6 Å². The fraction of sp³-hybridized carbons (Fsp3) is 0.333. The van der Waals surface area contributed by atoms with Crippen molar-refractivity contribution >= 4 is 11.9 Å². The highest BCUT2D eigenvalue weighted by Crippen LogP contribution is 2.28. The first-order valence-corrected chi connectivity index (χ1v) is 8.24. The second kappa shape index (κ2) is 6.88. The molecule has 1 aromatic heterocycles. The summed E-state index contributed by atoms with van der Waals surface area (Å²) in [5.74, 6) is -1.62. The summed E-state index contributed by atoms with van der Waals surface area (Å²) in [6.45, 7) is 0.